The number of unbranched alkanes of at least 4 members (excludes halogenated alkanes) is 12. The van der Waals surface area contributed by atoms with E-state index in [0.29, 0.717) is 13.0 Å². The number of hydrogen-bond donors (Lipinski definition) is 1. The number of ether oxygens (including phenoxy) is 1. The Morgan fingerprint density at radius 1 is 0.727 bits per heavy atom. The van der Waals surface area contributed by atoms with Gasteiger partial charge < -0.3 is 4.74 Å². The van der Waals surface area contributed by atoms with Crippen molar-refractivity contribution in [3.63, 3.8) is 0 Å². The van der Waals surface area contributed by atoms with E-state index < -0.39 is 22.1 Å². The molecule has 0 bridgehead atoms. The summed E-state index contributed by atoms with van der Waals surface area (Å²) in [6.45, 7) is 10.4. The van der Waals surface area contributed by atoms with Crippen molar-refractivity contribution < 1.29 is 22.2 Å². The molecule has 0 aliphatic rings. The minimum Gasteiger partial charge on any atom is -0.464 e. The molecule has 0 aliphatic carbocycles. The van der Waals surface area contributed by atoms with Crippen LogP contribution in [0.5, 0.6) is 0 Å². The summed E-state index contributed by atoms with van der Waals surface area (Å²) in [5.74, 6) is 0.452. The molecule has 0 fully saturated rings. The molecule has 0 aromatic rings. The summed E-state index contributed by atoms with van der Waals surface area (Å²) < 4.78 is 33.1. The monoisotopic (exact) mass is 491 g/mol. The summed E-state index contributed by atoms with van der Waals surface area (Å²) in [5.41, 5.74) is 2.39. The van der Waals surface area contributed by atoms with Gasteiger partial charge in [0.2, 0.25) is 0 Å². The molecule has 0 rings (SSSR count). The first-order chi connectivity index (χ1) is 15.7. The van der Waals surface area contributed by atoms with Crippen LogP contribution in [-0.2, 0) is 23.9 Å². The van der Waals surface area contributed by atoms with Crippen molar-refractivity contribution in [3.8, 4) is 0 Å². The summed E-state index contributed by atoms with van der Waals surface area (Å²) in [6, 6.07) is -0.772. The molecule has 0 saturated carbocycles. The van der Waals surface area contributed by atoms with Gasteiger partial charge in [-0.1, -0.05) is 111 Å². The molecule has 0 aromatic carbocycles. The van der Waals surface area contributed by atoms with E-state index in [0.717, 1.165) is 18.8 Å². The van der Waals surface area contributed by atoms with Crippen molar-refractivity contribution >= 4 is 16.1 Å². The van der Waals surface area contributed by atoms with Gasteiger partial charge in [0.15, 0.2) is 0 Å². The van der Waals surface area contributed by atoms with Crippen LogP contribution in [0.4, 0.5) is 0 Å². The highest BCUT2D eigenvalue weighted by Gasteiger charge is 2.23. The smallest absolute Gasteiger partial charge is 0.325 e. The molecule has 0 heterocycles. The van der Waals surface area contributed by atoms with Gasteiger partial charge in [-0.25, -0.2) is 0 Å². The minimum atomic E-state index is -3.66. The zero-order valence-electron chi connectivity index (χ0n) is 22.2. The van der Waals surface area contributed by atoms with E-state index in [1.54, 1.807) is 0 Å². The molecule has 6 nitrogen and oxygen atoms in total. The van der Waals surface area contributed by atoms with Crippen LogP contribution in [0.2, 0.25) is 0 Å². The van der Waals surface area contributed by atoms with Crippen molar-refractivity contribution in [2.75, 3.05) is 12.4 Å². The number of nitrogens with one attached hydrogen (secondary N) is 1. The van der Waals surface area contributed by atoms with Crippen LogP contribution < -0.4 is 5.48 Å². The Bertz CT molecular complexity index is 563. The zero-order valence-corrected chi connectivity index (χ0v) is 23.0. The predicted octanol–water partition coefficient (Wildman–Crippen LogP) is 6.93. The Morgan fingerprint density at radius 2 is 1.18 bits per heavy atom. The minimum absolute atomic E-state index is 0.151. The lowest BCUT2D eigenvalue weighted by molar-refractivity contribution is -0.149. The highest BCUT2D eigenvalue weighted by Crippen LogP contribution is 2.14. The molecular formula is C26H53NO5S. The number of hydroxylamine groups is 1. The van der Waals surface area contributed by atoms with E-state index in [1.807, 2.05) is 13.8 Å². The SMILES string of the molecule is CCS(=O)(=O)ON[C@@H](CC(C)C)C(=O)OCCCCCCCCCCCCCCCC(C)C. The molecule has 0 radical (unpaired) electrons. The van der Waals surface area contributed by atoms with Crippen LogP contribution in [0.1, 0.15) is 131 Å². The summed E-state index contributed by atoms with van der Waals surface area (Å²) in [4.78, 5) is 12.3. The van der Waals surface area contributed by atoms with Gasteiger partial charge in [0.05, 0.1) is 12.4 Å². The molecule has 0 saturated heterocycles. The second-order valence-corrected chi connectivity index (χ2v) is 12.0. The summed E-state index contributed by atoms with van der Waals surface area (Å²) in [6.07, 6.45) is 18.4. The number of esters is 1. The fourth-order valence-corrected chi connectivity index (χ4v) is 4.11. The standard InChI is InChI=1S/C26H53NO5S/c1-6-33(29,30)32-27-25(22-24(4)5)26(28)31-21-19-17-15-13-11-9-7-8-10-12-14-16-18-20-23(2)3/h23-25,27H,6-22H2,1-5H3/t25-/m0/s1. The Labute approximate surface area is 205 Å². The third kappa shape index (κ3) is 21.6. The maximum absolute atomic E-state index is 12.3. The molecular weight excluding hydrogens is 438 g/mol. The topological polar surface area (TPSA) is 81.7 Å². The summed E-state index contributed by atoms with van der Waals surface area (Å²) in [7, 11) is -3.66. The maximum atomic E-state index is 12.3. The fourth-order valence-electron chi connectivity index (χ4n) is 3.73. The second kappa shape index (κ2) is 20.7. The lowest BCUT2D eigenvalue weighted by atomic mass is 10.0. The first-order valence-corrected chi connectivity index (χ1v) is 15.1. The molecule has 0 unspecified atom stereocenters. The van der Waals surface area contributed by atoms with Crippen LogP contribution in [0.25, 0.3) is 0 Å². The Hall–Kier alpha value is -0.660. The fraction of sp³-hybridized carbons (Fsp3) is 0.962. The Kier molecular flexibility index (Phi) is 20.3. The molecule has 1 N–H and O–H groups in total. The molecule has 0 aliphatic heterocycles. The second-order valence-electron chi connectivity index (χ2n) is 10.2. The van der Waals surface area contributed by atoms with Gasteiger partial charge in [-0.05, 0) is 31.6 Å². The average Bonchev–Trinajstić information content (AvgIpc) is 2.75. The maximum Gasteiger partial charge on any atom is 0.325 e. The first kappa shape index (κ1) is 32.3. The normalized spacial score (nSPS) is 13.1. The lowest BCUT2D eigenvalue weighted by Gasteiger charge is -2.18. The zero-order chi connectivity index (χ0) is 25.0. The van der Waals surface area contributed by atoms with Crippen molar-refractivity contribution in [2.45, 2.75) is 137 Å². The average molecular weight is 492 g/mol. The number of rotatable bonds is 23. The van der Waals surface area contributed by atoms with Crippen LogP contribution >= 0.6 is 0 Å². The van der Waals surface area contributed by atoms with E-state index in [9.17, 15) is 13.2 Å². The van der Waals surface area contributed by atoms with E-state index in [-0.39, 0.29) is 11.7 Å². The van der Waals surface area contributed by atoms with E-state index in [4.69, 9.17) is 9.02 Å². The van der Waals surface area contributed by atoms with Crippen molar-refractivity contribution in [3.05, 3.63) is 0 Å². The van der Waals surface area contributed by atoms with Crippen LogP contribution in [-0.4, -0.2) is 32.8 Å². The highest BCUT2D eigenvalue weighted by atomic mass is 32.2. The van der Waals surface area contributed by atoms with Crippen molar-refractivity contribution in [1.82, 2.24) is 5.48 Å². The quantitative estimate of drug-likeness (QED) is 0.0947. The van der Waals surface area contributed by atoms with E-state index >= 15 is 0 Å². The Morgan fingerprint density at radius 3 is 1.61 bits per heavy atom. The van der Waals surface area contributed by atoms with E-state index in [1.165, 1.54) is 84.0 Å². The van der Waals surface area contributed by atoms with Crippen molar-refractivity contribution in [1.29, 1.82) is 0 Å². The summed E-state index contributed by atoms with van der Waals surface area (Å²) in [5, 5.41) is 0. The largest absolute Gasteiger partial charge is 0.464 e. The lowest BCUT2D eigenvalue weighted by Crippen LogP contribution is -2.40. The molecule has 33 heavy (non-hydrogen) atoms. The van der Waals surface area contributed by atoms with Gasteiger partial charge >= 0.3 is 5.97 Å². The number of carbonyl (C=O) groups excluding carboxylic acids is 1. The van der Waals surface area contributed by atoms with Crippen LogP contribution in [0.15, 0.2) is 0 Å². The van der Waals surface area contributed by atoms with Gasteiger partial charge in [-0.3, -0.25) is 4.79 Å². The first-order valence-electron chi connectivity index (χ1n) is 13.5. The molecule has 1 atom stereocenters. The molecule has 7 heteroatoms. The molecule has 0 amide bonds. The highest BCUT2D eigenvalue weighted by molar-refractivity contribution is 7.86. The van der Waals surface area contributed by atoms with E-state index in [2.05, 4.69) is 19.3 Å². The van der Waals surface area contributed by atoms with Gasteiger partial charge in [0.1, 0.15) is 6.04 Å². The summed E-state index contributed by atoms with van der Waals surface area (Å²) >= 11 is 0. The Balaban J connectivity index is 3.65. The molecule has 198 valence electrons. The molecule has 0 spiro atoms. The van der Waals surface area contributed by atoms with Gasteiger partial charge in [0.25, 0.3) is 10.1 Å². The van der Waals surface area contributed by atoms with Gasteiger partial charge in [-0.2, -0.15) is 18.2 Å². The number of hydrogen-bond acceptors (Lipinski definition) is 6. The van der Waals surface area contributed by atoms with Crippen molar-refractivity contribution in [2.24, 2.45) is 11.8 Å². The van der Waals surface area contributed by atoms with Crippen LogP contribution in [0, 0.1) is 11.8 Å². The third-order valence-electron chi connectivity index (χ3n) is 5.83. The number of carbonyl (C=O) groups is 1. The van der Waals surface area contributed by atoms with Gasteiger partial charge in [-0.15, -0.1) is 0 Å². The predicted molar refractivity (Wildman–Crippen MR) is 137 cm³/mol. The molecule has 0 aromatic heterocycles. The van der Waals surface area contributed by atoms with Gasteiger partial charge in [0, 0.05) is 0 Å². The van der Waals surface area contributed by atoms with Crippen LogP contribution in [0.3, 0.4) is 0 Å². The third-order valence-corrected chi connectivity index (χ3v) is 6.89.